The van der Waals surface area contributed by atoms with Gasteiger partial charge in [-0.3, -0.25) is 9.52 Å². The van der Waals surface area contributed by atoms with E-state index in [1.807, 2.05) is 30.3 Å². The van der Waals surface area contributed by atoms with Crippen LogP contribution < -0.4 is 15.4 Å². The lowest BCUT2D eigenvalue weighted by molar-refractivity contribution is 0.100. The Bertz CT molecular complexity index is 1070. The van der Waals surface area contributed by atoms with Crippen LogP contribution in [0.2, 0.25) is 0 Å². The Morgan fingerprint density at radius 2 is 1.76 bits per heavy atom. The van der Waals surface area contributed by atoms with E-state index in [-0.39, 0.29) is 11.3 Å². The monoisotopic (exact) mass is 411 g/mol. The summed E-state index contributed by atoms with van der Waals surface area (Å²) in [5.74, 6) is -0.649. The van der Waals surface area contributed by atoms with E-state index in [1.54, 1.807) is 18.2 Å². The van der Waals surface area contributed by atoms with Crippen molar-refractivity contribution in [3.8, 4) is 0 Å². The molecule has 2 aromatic rings. The number of hydrogen-bond donors (Lipinski definition) is 2. The summed E-state index contributed by atoms with van der Waals surface area (Å²) in [7, 11) is -3.78. The molecule has 2 aromatic carbocycles. The number of amides is 1. The van der Waals surface area contributed by atoms with Crippen molar-refractivity contribution in [2.24, 2.45) is 5.73 Å². The standard InChI is InChI=1S/C22H25N3O3S/c23-22(26)20-15-18(25-12-4-1-5-13-25)9-11-21(20)24-29(27,28)19-10-8-16-6-2-3-7-17(16)14-19/h2-3,6-7,9,11,14-15,24H,1,4-5,8,10,12-13H2,(H2,23,26). The normalized spacial score (nSPS) is 16.7. The average molecular weight is 412 g/mol. The van der Waals surface area contributed by atoms with Crippen molar-refractivity contribution < 1.29 is 13.2 Å². The molecule has 1 amide bonds. The predicted molar refractivity (Wildman–Crippen MR) is 116 cm³/mol. The van der Waals surface area contributed by atoms with Crippen LogP contribution in [0.15, 0.2) is 47.4 Å². The lowest BCUT2D eigenvalue weighted by Crippen LogP contribution is -2.30. The van der Waals surface area contributed by atoms with Crippen LogP contribution >= 0.6 is 0 Å². The second-order valence-electron chi connectivity index (χ2n) is 7.56. The number of allylic oxidation sites excluding steroid dienone is 1. The maximum absolute atomic E-state index is 13.0. The van der Waals surface area contributed by atoms with E-state index < -0.39 is 15.9 Å². The number of sulfonamides is 1. The number of benzene rings is 2. The second-order valence-corrected chi connectivity index (χ2v) is 9.29. The molecule has 1 aliphatic heterocycles. The molecule has 1 saturated heterocycles. The molecule has 3 N–H and O–H groups in total. The quantitative estimate of drug-likeness (QED) is 0.787. The second kappa shape index (κ2) is 7.91. The highest BCUT2D eigenvalue weighted by Gasteiger charge is 2.24. The van der Waals surface area contributed by atoms with Gasteiger partial charge in [-0.15, -0.1) is 0 Å². The first kappa shape index (κ1) is 19.5. The molecule has 1 aliphatic carbocycles. The number of piperidine rings is 1. The number of anilines is 2. The third kappa shape index (κ3) is 4.15. The molecule has 1 heterocycles. The molecule has 0 bridgehead atoms. The van der Waals surface area contributed by atoms with E-state index >= 15 is 0 Å². The number of rotatable bonds is 5. The first-order valence-corrected chi connectivity index (χ1v) is 11.4. The molecule has 0 atom stereocenters. The highest BCUT2D eigenvalue weighted by atomic mass is 32.2. The van der Waals surface area contributed by atoms with E-state index in [2.05, 4.69) is 9.62 Å². The lowest BCUT2D eigenvalue weighted by Gasteiger charge is -2.29. The molecule has 2 aliphatic rings. The zero-order valence-corrected chi connectivity index (χ0v) is 17.0. The topological polar surface area (TPSA) is 92.5 Å². The molecule has 152 valence electrons. The molecular weight excluding hydrogens is 386 g/mol. The highest BCUT2D eigenvalue weighted by Crippen LogP contribution is 2.30. The van der Waals surface area contributed by atoms with Gasteiger partial charge in [0.2, 0.25) is 0 Å². The van der Waals surface area contributed by atoms with Crippen molar-refractivity contribution in [3.63, 3.8) is 0 Å². The number of nitrogens with zero attached hydrogens (tertiary/aromatic N) is 1. The van der Waals surface area contributed by atoms with Gasteiger partial charge in [-0.05, 0) is 67.5 Å². The smallest absolute Gasteiger partial charge is 0.258 e. The van der Waals surface area contributed by atoms with Gasteiger partial charge in [0.05, 0.1) is 16.2 Å². The third-order valence-corrected chi connectivity index (χ3v) is 7.09. The highest BCUT2D eigenvalue weighted by molar-refractivity contribution is 7.96. The summed E-state index contributed by atoms with van der Waals surface area (Å²) in [5, 5.41) is 0. The van der Waals surface area contributed by atoms with Gasteiger partial charge < -0.3 is 10.6 Å². The molecule has 0 aromatic heterocycles. The maximum Gasteiger partial charge on any atom is 0.258 e. The van der Waals surface area contributed by atoms with Crippen LogP contribution in [0.25, 0.3) is 6.08 Å². The number of fused-ring (bicyclic) bond motifs is 1. The molecule has 1 fully saturated rings. The van der Waals surface area contributed by atoms with Gasteiger partial charge in [-0.2, -0.15) is 0 Å². The minimum atomic E-state index is -3.78. The lowest BCUT2D eigenvalue weighted by atomic mass is 9.98. The maximum atomic E-state index is 13.0. The van der Waals surface area contributed by atoms with E-state index in [4.69, 9.17) is 5.73 Å². The first-order valence-electron chi connectivity index (χ1n) is 9.94. The van der Waals surface area contributed by atoms with Crippen LogP contribution in [0.3, 0.4) is 0 Å². The number of carbonyl (C=O) groups is 1. The van der Waals surface area contributed by atoms with Crippen molar-refractivity contribution in [1.29, 1.82) is 0 Å². The molecule has 7 heteroatoms. The zero-order chi connectivity index (χ0) is 20.4. The van der Waals surface area contributed by atoms with E-state index in [0.29, 0.717) is 17.7 Å². The molecule has 29 heavy (non-hydrogen) atoms. The van der Waals surface area contributed by atoms with Crippen molar-refractivity contribution in [1.82, 2.24) is 0 Å². The fourth-order valence-corrected chi connectivity index (χ4v) is 5.25. The number of carbonyl (C=O) groups excluding carboxylic acids is 1. The average Bonchev–Trinajstić information content (AvgIpc) is 2.74. The number of primary amides is 1. The summed E-state index contributed by atoms with van der Waals surface area (Å²) in [6.45, 7) is 1.85. The minimum absolute atomic E-state index is 0.188. The molecule has 0 saturated carbocycles. The Kier molecular flexibility index (Phi) is 5.32. The zero-order valence-electron chi connectivity index (χ0n) is 16.2. The van der Waals surface area contributed by atoms with Gasteiger partial charge in [0, 0.05) is 18.8 Å². The summed E-state index contributed by atoms with van der Waals surface area (Å²) in [4.78, 5) is 14.6. The summed E-state index contributed by atoms with van der Waals surface area (Å²) in [6.07, 6.45) is 6.21. The molecule has 0 unspecified atom stereocenters. The van der Waals surface area contributed by atoms with Crippen molar-refractivity contribution in [2.75, 3.05) is 22.7 Å². The minimum Gasteiger partial charge on any atom is -0.372 e. The number of hydrogen-bond acceptors (Lipinski definition) is 4. The summed E-state index contributed by atoms with van der Waals surface area (Å²) >= 11 is 0. The third-order valence-electron chi connectivity index (χ3n) is 5.59. The molecule has 6 nitrogen and oxygen atoms in total. The van der Waals surface area contributed by atoms with Gasteiger partial charge in [0.15, 0.2) is 0 Å². The molecular formula is C22H25N3O3S. The van der Waals surface area contributed by atoms with Crippen LogP contribution in [0, 0.1) is 0 Å². The van der Waals surface area contributed by atoms with Gasteiger partial charge in [0.25, 0.3) is 15.9 Å². The van der Waals surface area contributed by atoms with Crippen LogP contribution in [-0.4, -0.2) is 27.4 Å². The number of nitrogens with one attached hydrogen (secondary N) is 1. The van der Waals surface area contributed by atoms with Crippen LogP contribution in [0.1, 0.15) is 47.2 Å². The van der Waals surface area contributed by atoms with Crippen molar-refractivity contribution in [3.05, 3.63) is 64.1 Å². The number of aryl methyl sites for hydroxylation is 1. The molecule has 0 spiro atoms. The van der Waals surface area contributed by atoms with E-state index in [1.165, 1.54) is 6.42 Å². The Hall–Kier alpha value is -2.80. The summed E-state index contributed by atoms with van der Waals surface area (Å²) < 4.78 is 28.6. The Balaban J connectivity index is 1.63. The van der Waals surface area contributed by atoms with Gasteiger partial charge in [0.1, 0.15) is 0 Å². The first-order chi connectivity index (χ1) is 13.9. The van der Waals surface area contributed by atoms with E-state index in [0.717, 1.165) is 42.7 Å². The fraction of sp³-hybridized carbons (Fsp3) is 0.318. The van der Waals surface area contributed by atoms with E-state index in [9.17, 15) is 13.2 Å². The SMILES string of the molecule is NC(=O)c1cc(N2CCCCC2)ccc1NS(=O)(=O)C1=Cc2ccccc2CC1. The van der Waals surface area contributed by atoms with Gasteiger partial charge in [-0.25, -0.2) is 8.42 Å². The summed E-state index contributed by atoms with van der Waals surface area (Å²) in [6, 6.07) is 12.9. The predicted octanol–water partition coefficient (Wildman–Crippen LogP) is 3.50. The van der Waals surface area contributed by atoms with Gasteiger partial charge in [-0.1, -0.05) is 24.3 Å². The Morgan fingerprint density at radius 3 is 2.52 bits per heavy atom. The van der Waals surface area contributed by atoms with Gasteiger partial charge >= 0.3 is 0 Å². The molecule has 4 rings (SSSR count). The van der Waals surface area contributed by atoms with Crippen LogP contribution in [0.4, 0.5) is 11.4 Å². The number of nitrogens with two attached hydrogens (primary N) is 1. The molecule has 0 radical (unpaired) electrons. The Morgan fingerprint density at radius 1 is 1.00 bits per heavy atom. The Labute approximate surface area is 171 Å². The largest absolute Gasteiger partial charge is 0.372 e. The van der Waals surface area contributed by atoms with Crippen molar-refractivity contribution >= 4 is 33.4 Å². The fourth-order valence-electron chi connectivity index (χ4n) is 4.00. The van der Waals surface area contributed by atoms with Crippen molar-refractivity contribution in [2.45, 2.75) is 32.1 Å². The van der Waals surface area contributed by atoms with Crippen LogP contribution in [0.5, 0.6) is 0 Å². The summed E-state index contributed by atoms with van der Waals surface area (Å²) in [5.41, 5.74) is 8.92. The van der Waals surface area contributed by atoms with Crippen LogP contribution in [-0.2, 0) is 16.4 Å².